The van der Waals surface area contributed by atoms with E-state index in [0.717, 1.165) is 21.2 Å². The maximum atomic E-state index is 10.3. The van der Waals surface area contributed by atoms with Crippen LogP contribution in [-0.2, 0) is 0 Å². The first kappa shape index (κ1) is 12.1. The number of halogens is 1. The van der Waals surface area contributed by atoms with Gasteiger partial charge in [-0.15, -0.1) is 0 Å². The molecule has 0 heterocycles. The van der Waals surface area contributed by atoms with Crippen LogP contribution in [-0.4, -0.2) is 5.11 Å². The fraction of sp³-hybridized carbons (Fsp3) is 0.143. The highest BCUT2D eigenvalue weighted by atomic mass is 79.9. The third kappa shape index (κ3) is 2.51. The van der Waals surface area contributed by atoms with Crippen LogP contribution in [0.3, 0.4) is 0 Å². The van der Waals surface area contributed by atoms with Crippen molar-refractivity contribution < 1.29 is 5.11 Å². The predicted octanol–water partition coefficient (Wildman–Crippen LogP) is 3.42. The van der Waals surface area contributed by atoms with E-state index >= 15 is 0 Å². The molecule has 0 fully saturated rings. The van der Waals surface area contributed by atoms with Gasteiger partial charge in [-0.05, 0) is 34.5 Å². The van der Waals surface area contributed by atoms with Crippen molar-refractivity contribution in [3.8, 4) is 0 Å². The van der Waals surface area contributed by atoms with Gasteiger partial charge < -0.3 is 10.8 Å². The van der Waals surface area contributed by atoms with E-state index in [1.165, 1.54) is 0 Å². The molecular weight excluding hydrogens is 278 g/mol. The van der Waals surface area contributed by atoms with Crippen LogP contribution in [0.5, 0.6) is 0 Å². The summed E-state index contributed by atoms with van der Waals surface area (Å²) in [5.74, 6) is 0. The van der Waals surface area contributed by atoms with Gasteiger partial charge in [-0.25, -0.2) is 0 Å². The molecule has 0 aromatic heterocycles. The van der Waals surface area contributed by atoms with Gasteiger partial charge in [-0.3, -0.25) is 0 Å². The lowest BCUT2D eigenvalue weighted by atomic mass is 9.99. The van der Waals surface area contributed by atoms with E-state index in [2.05, 4.69) is 15.9 Å². The molecule has 3 N–H and O–H groups in total. The van der Waals surface area contributed by atoms with Gasteiger partial charge in [0.05, 0.1) is 5.69 Å². The molecule has 2 aromatic rings. The van der Waals surface area contributed by atoms with Gasteiger partial charge in [-0.1, -0.05) is 42.0 Å². The van der Waals surface area contributed by atoms with E-state index in [1.54, 1.807) is 0 Å². The van der Waals surface area contributed by atoms with Gasteiger partial charge in [0.2, 0.25) is 0 Å². The van der Waals surface area contributed by atoms with Crippen molar-refractivity contribution in [2.24, 2.45) is 0 Å². The first-order chi connectivity index (χ1) is 8.09. The lowest BCUT2D eigenvalue weighted by molar-refractivity contribution is 0.221. The molecule has 1 atom stereocenters. The van der Waals surface area contributed by atoms with Crippen molar-refractivity contribution in [3.05, 3.63) is 63.6 Å². The number of anilines is 1. The second-order valence-electron chi connectivity index (χ2n) is 4.06. The van der Waals surface area contributed by atoms with Crippen LogP contribution in [0.4, 0.5) is 5.69 Å². The molecular formula is C14H14BrNO. The number of nitrogen functional groups attached to an aromatic ring is 1. The Morgan fingerprint density at radius 3 is 2.59 bits per heavy atom. The molecule has 17 heavy (non-hydrogen) atoms. The van der Waals surface area contributed by atoms with Crippen molar-refractivity contribution in [2.75, 3.05) is 5.73 Å². The maximum absolute atomic E-state index is 10.3. The van der Waals surface area contributed by atoms with Crippen molar-refractivity contribution in [1.82, 2.24) is 0 Å². The zero-order valence-corrected chi connectivity index (χ0v) is 11.1. The van der Waals surface area contributed by atoms with Crippen LogP contribution < -0.4 is 5.73 Å². The molecule has 0 saturated heterocycles. The molecule has 2 aromatic carbocycles. The topological polar surface area (TPSA) is 46.2 Å². The lowest BCUT2D eigenvalue weighted by Gasteiger charge is -2.15. The summed E-state index contributed by atoms with van der Waals surface area (Å²) in [6, 6.07) is 13.4. The Hall–Kier alpha value is -1.32. The number of hydrogen-bond acceptors (Lipinski definition) is 2. The van der Waals surface area contributed by atoms with E-state index in [9.17, 15) is 5.11 Å². The molecule has 88 valence electrons. The van der Waals surface area contributed by atoms with E-state index in [4.69, 9.17) is 5.73 Å². The Morgan fingerprint density at radius 2 is 1.88 bits per heavy atom. The molecule has 0 aliphatic rings. The van der Waals surface area contributed by atoms with E-state index in [0.29, 0.717) is 5.69 Å². The van der Waals surface area contributed by atoms with E-state index < -0.39 is 6.10 Å². The normalized spacial score (nSPS) is 12.4. The van der Waals surface area contributed by atoms with Crippen molar-refractivity contribution in [3.63, 3.8) is 0 Å². The minimum atomic E-state index is -0.688. The Kier molecular flexibility index (Phi) is 3.50. The minimum absolute atomic E-state index is 0.585. The van der Waals surface area contributed by atoms with E-state index in [-0.39, 0.29) is 0 Å². The SMILES string of the molecule is Cc1cccc(C(O)c2cccc(Br)c2N)c1. The molecule has 2 nitrogen and oxygen atoms in total. The number of para-hydroxylation sites is 1. The van der Waals surface area contributed by atoms with Gasteiger partial charge in [0, 0.05) is 10.0 Å². The fourth-order valence-corrected chi connectivity index (χ4v) is 2.19. The Bertz CT molecular complexity index is 539. The monoisotopic (exact) mass is 291 g/mol. The Labute approximate surface area is 109 Å². The number of hydrogen-bond donors (Lipinski definition) is 2. The Balaban J connectivity index is 2.44. The van der Waals surface area contributed by atoms with Gasteiger partial charge in [-0.2, -0.15) is 0 Å². The first-order valence-electron chi connectivity index (χ1n) is 5.38. The summed E-state index contributed by atoms with van der Waals surface area (Å²) in [5, 5.41) is 10.3. The summed E-state index contributed by atoms with van der Waals surface area (Å²) in [6.45, 7) is 2.00. The second kappa shape index (κ2) is 4.90. The number of benzene rings is 2. The van der Waals surface area contributed by atoms with Crippen LogP contribution in [0.2, 0.25) is 0 Å². The molecule has 2 rings (SSSR count). The molecule has 0 aliphatic carbocycles. The number of nitrogens with two attached hydrogens (primary N) is 1. The maximum Gasteiger partial charge on any atom is 0.106 e. The molecule has 0 spiro atoms. The van der Waals surface area contributed by atoms with Gasteiger partial charge >= 0.3 is 0 Å². The summed E-state index contributed by atoms with van der Waals surface area (Å²) in [5.41, 5.74) is 9.24. The summed E-state index contributed by atoms with van der Waals surface area (Å²) in [6.07, 6.45) is -0.688. The average Bonchev–Trinajstić information content (AvgIpc) is 2.32. The summed E-state index contributed by atoms with van der Waals surface area (Å²) in [4.78, 5) is 0. The van der Waals surface area contributed by atoms with Crippen LogP contribution in [0.25, 0.3) is 0 Å². The molecule has 0 aliphatic heterocycles. The van der Waals surface area contributed by atoms with Crippen LogP contribution in [0.1, 0.15) is 22.8 Å². The number of rotatable bonds is 2. The summed E-state index contributed by atoms with van der Waals surface area (Å²) in [7, 11) is 0. The zero-order valence-electron chi connectivity index (χ0n) is 9.52. The van der Waals surface area contributed by atoms with Gasteiger partial charge in [0.15, 0.2) is 0 Å². The first-order valence-corrected chi connectivity index (χ1v) is 6.17. The molecule has 3 heteroatoms. The van der Waals surface area contributed by atoms with Crippen molar-refractivity contribution in [1.29, 1.82) is 0 Å². The third-order valence-corrected chi connectivity index (χ3v) is 3.43. The second-order valence-corrected chi connectivity index (χ2v) is 4.91. The largest absolute Gasteiger partial charge is 0.398 e. The Morgan fingerprint density at radius 1 is 1.18 bits per heavy atom. The van der Waals surface area contributed by atoms with Gasteiger partial charge in [0.1, 0.15) is 6.10 Å². The summed E-state index contributed by atoms with van der Waals surface area (Å²) >= 11 is 3.37. The third-order valence-electron chi connectivity index (χ3n) is 2.74. The number of aliphatic hydroxyl groups excluding tert-OH is 1. The fourth-order valence-electron chi connectivity index (χ4n) is 1.81. The van der Waals surface area contributed by atoms with Gasteiger partial charge in [0.25, 0.3) is 0 Å². The summed E-state index contributed by atoms with van der Waals surface area (Å²) < 4.78 is 0.807. The van der Waals surface area contributed by atoms with E-state index in [1.807, 2.05) is 49.4 Å². The van der Waals surface area contributed by atoms with Crippen LogP contribution >= 0.6 is 15.9 Å². The molecule has 0 amide bonds. The predicted molar refractivity (Wildman–Crippen MR) is 73.8 cm³/mol. The molecule has 0 bridgehead atoms. The molecule has 1 unspecified atom stereocenters. The minimum Gasteiger partial charge on any atom is -0.398 e. The quantitative estimate of drug-likeness (QED) is 0.833. The van der Waals surface area contributed by atoms with Crippen LogP contribution in [0.15, 0.2) is 46.9 Å². The highest BCUT2D eigenvalue weighted by molar-refractivity contribution is 9.10. The highest BCUT2D eigenvalue weighted by Gasteiger charge is 2.14. The zero-order chi connectivity index (χ0) is 12.4. The lowest BCUT2D eigenvalue weighted by Crippen LogP contribution is -2.04. The molecule has 0 radical (unpaired) electrons. The smallest absolute Gasteiger partial charge is 0.106 e. The average molecular weight is 292 g/mol. The standard InChI is InChI=1S/C14H14BrNO/c1-9-4-2-5-10(8-9)14(17)11-6-3-7-12(15)13(11)16/h2-8,14,17H,16H2,1H3. The number of aliphatic hydroxyl groups is 1. The highest BCUT2D eigenvalue weighted by Crippen LogP contribution is 2.31. The van der Waals surface area contributed by atoms with Crippen molar-refractivity contribution in [2.45, 2.75) is 13.0 Å². The van der Waals surface area contributed by atoms with Crippen molar-refractivity contribution >= 4 is 21.6 Å². The van der Waals surface area contributed by atoms with Crippen LogP contribution in [0, 0.1) is 6.92 Å². The molecule has 0 saturated carbocycles. The number of aryl methyl sites for hydroxylation is 1.